The Kier molecular flexibility index (Phi) is 9.06. The molecule has 1 heterocycles. The van der Waals surface area contributed by atoms with Crippen LogP contribution in [0.15, 0.2) is 73.1 Å². The summed E-state index contributed by atoms with van der Waals surface area (Å²) in [6.07, 6.45) is 3.13. The zero-order valence-corrected chi connectivity index (χ0v) is 22.2. The van der Waals surface area contributed by atoms with Crippen molar-refractivity contribution in [1.29, 1.82) is 0 Å². The molecule has 5 nitrogen and oxygen atoms in total. The third-order valence-electron chi connectivity index (χ3n) is 6.81. The Hall–Kier alpha value is -2.58. The van der Waals surface area contributed by atoms with Crippen molar-refractivity contribution >= 4 is 5.97 Å². The zero-order valence-electron chi connectivity index (χ0n) is 20.6. The van der Waals surface area contributed by atoms with Gasteiger partial charge in [-0.1, -0.05) is 74.5 Å². The highest BCUT2D eigenvalue weighted by Crippen LogP contribution is 2.47. The molecule has 1 N–H and O–H groups in total. The first-order valence-electron chi connectivity index (χ1n) is 12.2. The normalized spacial score (nSPS) is 18.4. The molecular weight excluding hydrogens is 530 g/mol. The van der Waals surface area contributed by atoms with Gasteiger partial charge in [0, 0.05) is 18.8 Å². The number of rotatable bonds is 9. The van der Waals surface area contributed by atoms with Gasteiger partial charge in [-0.05, 0) is 17.5 Å². The number of aromatic nitrogens is 2. The molecule has 2 aromatic carbocycles. The quantitative estimate of drug-likeness (QED) is 0.320. The van der Waals surface area contributed by atoms with Gasteiger partial charge >= 0.3 is 5.97 Å². The van der Waals surface area contributed by atoms with E-state index in [0.717, 1.165) is 12.4 Å². The van der Waals surface area contributed by atoms with Crippen LogP contribution in [0, 0.1) is 5.92 Å². The van der Waals surface area contributed by atoms with E-state index in [1.165, 1.54) is 5.56 Å². The molecule has 36 heavy (non-hydrogen) atoms. The third kappa shape index (κ3) is 6.03. The van der Waals surface area contributed by atoms with Crippen molar-refractivity contribution < 1.29 is 45.0 Å². The Balaban J connectivity index is 0.00000361. The van der Waals surface area contributed by atoms with Crippen LogP contribution in [-0.4, -0.2) is 28.2 Å². The van der Waals surface area contributed by atoms with Gasteiger partial charge in [0.1, 0.15) is 32.1 Å². The summed E-state index contributed by atoms with van der Waals surface area (Å²) >= 11 is 0. The molecule has 1 aliphatic carbocycles. The Labute approximate surface area is 221 Å². The fraction of sp³-hybridized carbons (Fsp3) is 0.429. The summed E-state index contributed by atoms with van der Waals surface area (Å²) in [5, 5.41) is 11.5. The van der Waals surface area contributed by atoms with E-state index in [1.807, 2.05) is 35.2 Å². The SMILES string of the molecule is CC(C)c1n(CCOC(=O)[C@](O)(c2ccccc2)[C@H]2CCC(F)(F)C2)cc[n+]1Cc1ccccc1.[Br-]. The Morgan fingerprint density at radius 1 is 1.17 bits per heavy atom. The largest absolute Gasteiger partial charge is 1.00 e. The lowest BCUT2D eigenvalue weighted by Gasteiger charge is -2.32. The minimum atomic E-state index is -2.89. The monoisotopic (exact) mass is 562 g/mol. The second-order valence-corrected chi connectivity index (χ2v) is 9.68. The zero-order chi connectivity index (χ0) is 25.1. The number of esters is 1. The number of hydrogen-bond donors (Lipinski definition) is 1. The summed E-state index contributed by atoms with van der Waals surface area (Å²) in [5.41, 5.74) is -0.631. The van der Waals surface area contributed by atoms with Crippen molar-refractivity contribution in [2.45, 2.75) is 63.6 Å². The molecule has 0 unspecified atom stereocenters. The minimum Gasteiger partial charge on any atom is -1.00 e. The first-order chi connectivity index (χ1) is 16.7. The van der Waals surface area contributed by atoms with Crippen LogP contribution in [0.1, 0.15) is 56.0 Å². The lowest BCUT2D eigenvalue weighted by molar-refractivity contribution is -0.696. The maximum absolute atomic E-state index is 14.0. The molecule has 0 radical (unpaired) electrons. The summed E-state index contributed by atoms with van der Waals surface area (Å²) in [7, 11) is 0. The number of aliphatic hydroxyl groups is 1. The van der Waals surface area contributed by atoms with Gasteiger partial charge in [0.25, 0.3) is 5.82 Å². The predicted octanol–water partition coefficient (Wildman–Crippen LogP) is 1.82. The number of imidazole rings is 1. The molecule has 194 valence electrons. The van der Waals surface area contributed by atoms with Crippen LogP contribution in [0.25, 0.3) is 0 Å². The third-order valence-corrected chi connectivity index (χ3v) is 6.81. The number of alkyl halides is 2. The van der Waals surface area contributed by atoms with Gasteiger partial charge in [-0.3, -0.25) is 0 Å². The van der Waals surface area contributed by atoms with Crippen LogP contribution in [0.3, 0.4) is 0 Å². The summed E-state index contributed by atoms with van der Waals surface area (Å²) in [6, 6.07) is 18.5. The van der Waals surface area contributed by atoms with Crippen molar-refractivity contribution in [3.8, 4) is 0 Å². The minimum absolute atomic E-state index is 0. The van der Waals surface area contributed by atoms with E-state index in [2.05, 4.69) is 30.5 Å². The molecule has 1 aliphatic rings. The van der Waals surface area contributed by atoms with Crippen molar-refractivity contribution in [2.24, 2.45) is 5.92 Å². The highest BCUT2D eigenvalue weighted by molar-refractivity contribution is 5.81. The second kappa shape index (κ2) is 11.6. The Bertz CT molecular complexity index is 1140. The van der Waals surface area contributed by atoms with Crippen LogP contribution in [0.5, 0.6) is 0 Å². The maximum atomic E-state index is 14.0. The molecule has 0 saturated heterocycles. The number of carbonyl (C=O) groups is 1. The molecule has 0 bridgehead atoms. The van der Waals surface area contributed by atoms with E-state index >= 15 is 0 Å². The van der Waals surface area contributed by atoms with Crippen LogP contribution < -0.4 is 21.5 Å². The van der Waals surface area contributed by atoms with E-state index in [-0.39, 0.29) is 47.9 Å². The van der Waals surface area contributed by atoms with Gasteiger partial charge in [0.2, 0.25) is 5.92 Å². The van der Waals surface area contributed by atoms with E-state index in [1.54, 1.807) is 30.3 Å². The number of nitrogens with zero attached hydrogens (tertiary/aromatic N) is 2. The number of ether oxygens (including phenoxy) is 1. The lowest BCUT2D eigenvalue weighted by atomic mass is 9.80. The van der Waals surface area contributed by atoms with Crippen molar-refractivity contribution in [3.63, 3.8) is 0 Å². The number of hydrogen-bond acceptors (Lipinski definition) is 3. The van der Waals surface area contributed by atoms with Crippen molar-refractivity contribution in [1.82, 2.24) is 4.57 Å². The molecule has 2 atom stereocenters. The van der Waals surface area contributed by atoms with Gasteiger partial charge < -0.3 is 26.8 Å². The van der Waals surface area contributed by atoms with Crippen LogP contribution in [0.2, 0.25) is 0 Å². The molecule has 1 aromatic heterocycles. The molecule has 1 saturated carbocycles. The average molecular weight is 563 g/mol. The molecule has 8 heteroatoms. The standard InChI is InChI=1S/C28H33F2N2O3.BrH/c1-21(2)25-31(15-16-32(25)20-22-9-5-3-6-10-22)17-18-35-26(33)28(34,23-11-7-4-8-12-23)24-13-14-27(29,30)19-24;/h3-12,15-16,21,24,34H,13-14,17-20H2,1-2H3;1H/q+1;/p-1/t24-,28-;/m0./s1. The summed E-state index contributed by atoms with van der Waals surface area (Å²) in [5.74, 6) is -3.36. The van der Waals surface area contributed by atoms with E-state index in [0.29, 0.717) is 6.54 Å². The van der Waals surface area contributed by atoms with Gasteiger partial charge in [-0.15, -0.1) is 0 Å². The molecule has 0 aliphatic heterocycles. The van der Waals surface area contributed by atoms with Crippen LogP contribution in [0.4, 0.5) is 8.78 Å². The smallest absolute Gasteiger partial charge is 0.343 e. The van der Waals surface area contributed by atoms with E-state index < -0.39 is 29.8 Å². The molecule has 0 spiro atoms. The highest BCUT2D eigenvalue weighted by Gasteiger charge is 2.54. The Morgan fingerprint density at radius 2 is 1.81 bits per heavy atom. The number of halogens is 3. The number of carbonyl (C=O) groups excluding carboxylic acids is 1. The van der Waals surface area contributed by atoms with Crippen LogP contribution in [-0.2, 0) is 28.2 Å². The van der Waals surface area contributed by atoms with Crippen molar-refractivity contribution in [3.05, 3.63) is 90.0 Å². The second-order valence-electron chi connectivity index (χ2n) is 9.68. The van der Waals surface area contributed by atoms with Gasteiger partial charge in [0.15, 0.2) is 5.60 Å². The average Bonchev–Trinajstić information content (AvgIpc) is 3.42. The first-order valence-corrected chi connectivity index (χ1v) is 12.2. The predicted molar refractivity (Wildman–Crippen MR) is 128 cm³/mol. The maximum Gasteiger partial charge on any atom is 0.343 e. The van der Waals surface area contributed by atoms with Crippen molar-refractivity contribution in [2.75, 3.05) is 6.61 Å². The summed E-state index contributed by atoms with van der Waals surface area (Å²) in [4.78, 5) is 13.2. The summed E-state index contributed by atoms with van der Waals surface area (Å²) in [6.45, 7) is 5.36. The lowest BCUT2D eigenvalue weighted by Crippen LogP contribution is -3.00. The van der Waals surface area contributed by atoms with Gasteiger partial charge in [0.05, 0.1) is 5.92 Å². The van der Waals surface area contributed by atoms with Gasteiger partial charge in [-0.2, -0.15) is 0 Å². The fourth-order valence-corrected chi connectivity index (χ4v) is 5.11. The highest BCUT2D eigenvalue weighted by atomic mass is 79.9. The molecule has 1 fully saturated rings. The molecule has 0 amide bonds. The first kappa shape index (κ1) is 28.0. The number of benzene rings is 2. The summed E-state index contributed by atoms with van der Waals surface area (Å²) < 4.78 is 37.7. The van der Waals surface area contributed by atoms with Crippen LogP contribution >= 0.6 is 0 Å². The van der Waals surface area contributed by atoms with Gasteiger partial charge in [-0.25, -0.2) is 22.7 Å². The fourth-order valence-electron chi connectivity index (χ4n) is 5.11. The molecule has 4 rings (SSSR count). The topological polar surface area (TPSA) is 55.3 Å². The molecular formula is C28H33BrF2N2O3. The Morgan fingerprint density at radius 3 is 2.39 bits per heavy atom. The van der Waals surface area contributed by atoms with E-state index in [4.69, 9.17) is 4.74 Å². The van der Waals surface area contributed by atoms with E-state index in [9.17, 15) is 18.7 Å². The molecule has 3 aromatic rings.